The van der Waals surface area contributed by atoms with E-state index in [0.717, 1.165) is 5.56 Å². The Labute approximate surface area is 110 Å². The topological polar surface area (TPSA) is 95.5 Å². The van der Waals surface area contributed by atoms with Crippen molar-refractivity contribution in [3.8, 4) is 0 Å². The van der Waals surface area contributed by atoms with E-state index in [1.807, 2.05) is 30.3 Å². The lowest BCUT2D eigenvalue weighted by Crippen LogP contribution is -2.38. The fourth-order valence-corrected chi connectivity index (χ4v) is 1.41. The molecule has 0 aromatic heterocycles. The number of urea groups is 1. The van der Waals surface area contributed by atoms with Gasteiger partial charge in [-0.3, -0.25) is 14.9 Å². The van der Waals surface area contributed by atoms with Gasteiger partial charge in [0.25, 0.3) is 0 Å². The molecule has 1 rings (SSSR count). The first-order chi connectivity index (χ1) is 9.08. The van der Waals surface area contributed by atoms with Crippen molar-refractivity contribution in [1.82, 2.24) is 10.6 Å². The molecule has 0 spiro atoms. The third-order valence-electron chi connectivity index (χ3n) is 2.34. The number of hydrogen-bond acceptors (Lipinski definition) is 3. The summed E-state index contributed by atoms with van der Waals surface area (Å²) in [5, 5.41) is 13.1. The standard InChI is InChI=1S/C13H16N2O4/c16-11(7-4-8-12(17)18)15-13(19)14-9-10-5-2-1-3-6-10/h1-3,5-6H,4,7-9H2,(H,17,18)(H2,14,15,16,19). The fraction of sp³-hybridized carbons (Fsp3) is 0.308. The summed E-state index contributed by atoms with van der Waals surface area (Å²) in [6.07, 6.45) is 0.150. The van der Waals surface area contributed by atoms with Gasteiger partial charge in [0.1, 0.15) is 0 Å². The molecule has 0 fully saturated rings. The zero-order chi connectivity index (χ0) is 14.1. The van der Waals surface area contributed by atoms with Gasteiger partial charge in [-0.15, -0.1) is 0 Å². The van der Waals surface area contributed by atoms with Gasteiger partial charge in [-0.05, 0) is 12.0 Å². The Morgan fingerprint density at radius 2 is 1.74 bits per heavy atom. The summed E-state index contributed by atoms with van der Waals surface area (Å²) < 4.78 is 0. The fourth-order valence-electron chi connectivity index (χ4n) is 1.41. The van der Waals surface area contributed by atoms with E-state index in [-0.39, 0.29) is 19.3 Å². The molecule has 1 aromatic carbocycles. The van der Waals surface area contributed by atoms with Gasteiger partial charge in [0.15, 0.2) is 0 Å². The molecular weight excluding hydrogens is 248 g/mol. The summed E-state index contributed by atoms with van der Waals surface area (Å²) in [6.45, 7) is 0.328. The molecule has 3 N–H and O–H groups in total. The van der Waals surface area contributed by atoms with Gasteiger partial charge in [0.2, 0.25) is 5.91 Å². The monoisotopic (exact) mass is 264 g/mol. The molecule has 0 atom stereocenters. The Balaban J connectivity index is 2.20. The van der Waals surface area contributed by atoms with Gasteiger partial charge in [-0.2, -0.15) is 0 Å². The first-order valence-corrected chi connectivity index (χ1v) is 5.91. The number of carboxylic acids is 1. The van der Waals surface area contributed by atoms with Gasteiger partial charge >= 0.3 is 12.0 Å². The molecule has 0 aliphatic carbocycles. The smallest absolute Gasteiger partial charge is 0.321 e. The number of aliphatic carboxylic acids is 1. The molecule has 6 nitrogen and oxygen atoms in total. The normalized spacial score (nSPS) is 9.68. The van der Waals surface area contributed by atoms with Crippen LogP contribution in [0.3, 0.4) is 0 Å². The van der Waals surface area contributed by atoms with Crippen LogP contribution in [0, 0.1) is 0 Å². The highest BCUT2D eigenvalue weighted by Gasteiger charge is 2.08. The van der Waals surface area contributed by atoms with Crippen molar-refractivity contribution in [1.29, 1.82) is 0 Å². The van der Waals surface area contributed by atoms with Crippen molar-refractivity contribution in [3.05, 3.63) is 35.9 Å². The van der Waals surface area contributed by atoms with Crippen LogP contribution >= 0.6 is 0 Å². The molecule has 0 saturated heterocycles. The molecule has 0 saturated carbocycles. The highest BCUT2D eigenvalue weighted by Crippen LogP contribution is 1.97. The van der Waals surface area contributed by atoms with Gasteiger partial charge in [-0.25, -0.2) is 4.79 Å². The molecule has 6 heteroatoms. The zero-order valence-electron chi connectivity index (χ0n) is 10.4. The number of carbonyl (C=O) groups excluding carboxylic acids is 2. The number of benzene rings is 1. The lowest BCUT2D eigenvalue weighted by atomic mass is 10.2. The predicted molar refractivity (Wildman–Crippen MR) is 68.3 cm³/mol. The SMILES string of the molecule is O=C(O)CCCC(=O)NC(=O)NCc1ccccc1. The van der Waals surface area contributed by atoms with Crippen molar-refractivity contribution in [2.75, 3.05) is 0 Å². The van der Waals surface area contributed by atoms with Crippen molar-refractivity contribution in [3.63, 3.8) is 0 Å². The van der Waals surface area contributed by atoms with Crippen LogP contribution in [-0.2, 0) is 16.1 Å². The lowest BCUT2D eigenvalue weighted by molar-refractivity contribution is -0.137. The van der Waals surface area contributed by atoms with E-state index in [4.69, 9.17) is 5.11 Å². The average Bonchev–Trinajstić information content (AvgIpc) is 2.37. The van der Waals surface area contributed by atoms with E-state index in [9.17, 15) is 14.4 Å². The minimum absolute atomic E-state index is 0.0189. The third kappa shape index (κ3) is 6.82. The Morgan fingerprint density at radius 3 is 2.37 bits per heavy atom. The molecule has 0 unspecified atom stereocenters. The highest BCUT2D eigenvalue weighted by atomic mass is 16.4. The Bertz CT molecular complexity index is 445. The quantitative estimate of drug-likeness (QED) is 0.721. The highest BCUT2D eigenvalue weighted by molar-refractivity contribution is 5.94. The van der Waals surface area contributed by atoms with Crippen LogP contribution in [0.2, 0.25) is 0 Å². The van der Waals surface area contributed by atoms with E-state index in [1.165, 1.54) is 0 Å². The summed E-state index contributed by atoms with van der Waals surface area (Å²) >= 11 is 0. The molecule has 0 bridgehead atoms. The molecule has 3 amide bonds. The number of hydrogen-bond donors (Lipinski definition) is 3. The van der Waals surface area contributed by atoms with Crippen LogP contribution in [0.1, 0.15) is 24.8 Å². The Morgan fingerprint density at radius 1 is 1.05 bits per heavy atom. The van der Waals surface area contributed by atoms with Gasteiger partial charge in [0, 0.05) is 19.4 Å². The molecule has 19 heavy (non-hydrogen) atoms. The maximum atomic E-state index is 11.4. The van der Waals surface area contributed by atoms with Crippen molar-refractivity contribution >= 4 is 17.9 Å². The summed E-state index contributed by atoms with van der Waals surface area (Å²) in [4.78, 5) is 32.9. The van der Waals surface area contributed by atoms with E-state index >= 15 is 0 Å². The van der Waals surface area contributed by atoms with E-state index in [1.54, 1.807) is 0 Å². The van der Waals surface area contributed by atoms with Crippen LogP contribution < -0.4 is 10.6 Å². The largest absolute Gasteiger partial charge is 0.481 e. The first-order valence-electron chi connectivity index (χ1n) is 5.91. The Kier molecular flexibility index (Phi) is 6.08. The molecule has 1 aromatic rings. The predicted octanol–water partition coefficient (Wildman–Crippen LogP) is 1.27. The molecule has 102 valence electrons. The molecule has 0 aliphatic heterocycles. The summed E-state index contributed by atoms with van der Waals surface area (Å²) in [6, 6.07) is 8.71. The van der Waals surface area contributed by atoms with Crippen molar-refractivity contribution in [2.45, 2.75) is 25.8 Å². The van der Waals surface area contributed by atoms with Crippen molar-refractivity contribution < 1.29 is 19.5 Å². The number of carbonyl (C=O) groups is 3. The number of amides is 3. The second kappa shape index (κ2) is 7.86. The maximum absolute atomic E-state index is 11.4. The van der Waals surface area contributed by atoms with Crippen LogP contribution in [0.5, 0.6) is 0 Å². The van der Waals surface area contributed by atoms with Gasteiger partial charge in [0.05, 0.1) is 0 Å². The molecule has 0 radical (unpaired) electrons. The number of carboxylic acid groups (broad SMARTS) is 1. The van der Waals surface area contributed by atoms with E-state index in [2.05, 4.69) is 10.6 Å². The average molecular weight is 264 g/mol. The second-order valence-corrected chi connectivity index (χ2v) is 3.96. The lowest BCUT2D eigenvalue weighted by Gasteiger charge is -2.06. The number of imide groups is 1. The Hall–Kier alpha value is -2.37. The molecule has 0 aliphatic rings. The van der Waals surface area contributed by atoms with Crippen LogP contribution in [0.15, 0.2) is 30.3 Å². The van der Waals surface area contributed by atoms with Gasteiger partial charge < -0.3 is 10.4 Å². The zero-order valence-corrected chi connectivity index (χ0v) is 10.4. The third-order valence-corrected chi connectivity index (χ3v) is 2.34. The van der Waals surface area contributed by atoms with Crippen LogP contribution in [0.4, 0.5) is 4.79 Å². The van der Waals surface area contributed by atoms with Crippen LogP contribution in [0.25, 0.3) is 0 Å². The number of rotatable bonds is 6. The summed E-state index contributed by atoms with van der Waals surface area (Å²) in [7, 11) is 0. The van der Waals surface area contributed by atoms with E-state index < -0.39 is 17.9 Å². The number of nitrogens with one attached hydrogen (secondary N) is 2. The summed E-state index contributed by atoms with van der Waals surface area (Å²) in [5.74, 6) is -1.44. The minimum atomic E-state index is -0.957. The first kappa shape index (κ1) is 14.7. The minimum Gasteiger partial charge on any atom is -0.481 e. The molecular formula is C13H16N2O4. The second-order valence-electron chi connectivity index (χ2n) is 3.96. The van der Waals surface area contributed by atoms with Gasteiger partial charge in [-0.1, -0.05) is 30.3 Å². The van der Waals surface area contributed by atoms with Crippen molar-refractivity contribution in [2.24, 2.45) is 0 Å². The molecule has 0 heterocycles. The summed E-state index contributed by atoms with van der Waals surface area (Å²) in [5.41, 5.74) is 0.927. The van der Waals surface area contributed by atoms with Crippen LogP contribution in [-0.4, -0.2) is 23.0 Å². The maximum Gasteiger partial charge on any atom is 0.321 e. The van der Waals surface area contributed by atoms with E-state index in [0.29, 0.717) is 6.54 Å².